The zero-order valence-electron chi connectivity index (χ0n) is 17.7. The Hall–Kier alpha value is -0.910. The van der Waals surface area contributed by atoms with Gasteiger partial charge in [0.15, 0.2) is 5.96 Å². The van der Waals surface area contributed by atoms with Crippen LogP contribution in [-0.2, 0) is 21.3 Å². The van der Waals surface area contributed by atoms with Gasteiger partial charge in [-0.1, -0.05) is 12.1 Å². The molecule has 2 aliphatic heterocycles. The number of sulfonamides is 1. The lowest BCUT2D eigenvalue weighted by atomic mass is 9.87. The first kappa shape index (κ1) is 24.4. The van der Waals surface area contributed by atoms with E-state index in [0.717, 1.165) is 50.7 Å². The molecule has 0 amide bonds. The zero-order valence-corrected chi connectivity index (χ0v) is 20.9. The van der Waals surface area contributed by atoms with Gasteiger partial charge in [-0.25, -0.2) is 8.42 Å². The molecular weight excluding hydrogens is 503 g/mol. The minimum absolute atomic E-state index is 0. The highest BCUT2D eigenvalue weighted by molar-refractivity contribution is 14.0. The van der Waals surface area contributed by atoms with Gasteiger partial charge in [-0.3, -0.25) is 4.99 Å². The Morgan fingerprint density at radius 2 is 2.00 bits per heavy atom. The van der Waals surface area contributed by atoms with Crippen LogP contribution in [-0.4, -0.2) is 70.0 Å². The molecule has 164 valence electrons. The summed E-state index contributed by atoms with van der Waals surface area (Å²) < 4.78 is 32.1. The lowest BCUT2D eigenvalue weighted by Gasteiger charge is -2.25. The van der Waals surface area contributed by atoms with E-state index in [2.05, 4.69) is 15.2 Å². The van der Waals surface area contributed by atoms with Gasteiger partial charge in [0.2, 0.25) is 10.0 Å². The van der Waals surface area contributed by atoms with Gasteiger partial charge >= 0.3 is 0 Å². The normalized spacial score (nSPS) is 22.6. The quantitative estimate of drug-likeness (QED) is 0.356. The van der Waals surface area contributed by atoms with E-state index in [1.165, 1.54) is 4.31 Å². The zero-order chi connectivity index (χ0) is 20.4. The largest absolute Gasteiger partial charge is 0.381 e. The molecule has 0 bridgehead atoms. The van der Waals surface area contributed by atoms with Crippen molar-refractivity contribution in [1.82, 2.24) is 14.5 Å². The number of rotatable bonds is 5. The second-order valence-corrected chi connectivity index (χ2v) is 10.1. The Morgan fingerprint density at radius 3 is 2.55 bits per heavy atom. The molecule has 1 unspecified atom stereocenters. The number of halogens is 1. The van der Waals surface area contributed by atoms with Gasteiger partial charge in [0, 0.05) is 51.8 Å². The molecule has 1 N–H and O–H groups in total. The maximum absolute atomic E-state index is 12.6. The van der Waals surface area contributed by atoms with Gasteiger partial charge in [-0.05, 0) is 44.4 Å². The third-order valence-corrected chi connectivity index (χ3v) is 7.96. The monoisotopic (exact) mass is 536 g/mol. The van der Waals surface area contributed by atoms with Crippen LogP contribution >= 0.6 is 24.0 Å². The standard InChI is InChI=1S/C20H32N4O3S.HI/c1-16(2)23(4)28(25,26)18-7-5-17(6-8-18)13-22-19(21-3)24-11-9-20(14-24)10-12-27-15-20;/h5-8,16H,9-15H2,1-4H3,(H,21,22);1H. The molecular formula is C20H33IN4O3S. The van der Waals surface area contributed by atoms with Crippen LogP contribution in [0.4, 0.5) is 0 Å². The predicted octanol–water partition coefficient (Wildman–Crippen LogP) is 2.52. The van der Waals surface area contributed by atoms with Crippen molar-refractivity contribution in [3.8, 4) is 0 Å². The summed E-state index contributed by atoms with van der Waals surface area (Å²) in [4.78, 5) is 7.04. The topological polar surface area (TPSA) is 74.2 Å². The summed E-state index contributed by atoms with van der Waals surface area (Å²) in [6.07, 6.45) is 2.27. The van der Waals surface area contributed by atoms with Gasteiger partial charge in [-0.15, -0.1) is 24.0 Å². The summed E-state index contributed by atoms with van der Waals surface area (Å²) >= 11 is 0. The second-order valence-electron chi connectivity index (χ2n) is 8.13. The number of hydrogen-bond donors (Lipinski definition) is 1. The lowest BCUT2D eigenvalue weighted by molar-refractivity contribution is 0.156. The molecule has 0 aromatic heterocycles. The molecule has 1 aromatic carbocycles. The van der Waals surface area contributed by atoms with Crippen LogP contribution in [0, 0.1) is 5.41 Å². The lowest BCUT2D eigenvalue weighted by Crippen LogP contribution is -2.41. The SMILES string of the molecule is CN=C(NCc1ccc(S(=O)(=O)N(C)C(C)C)cc1)N1CCC2(CCOC2)C1.I. The summed E-state index contributed by atoms with van der Waals surface area (Å²) in [6.45, 7) is 8.01. The minimum atomic E-state index is -3.45. The highest BCUT2D eigenvalue weighted by Gasteiger charge is 2.42. The van der Waals surface area contributed by atoms with Crippen molar-refractivity contribution >= 4 is 40.0 Å². The Kier molecular flexibility index (Phi) is 8.34. The van der Waals surface area contributed by atoms with E-state index in [4.69, 9.17) is 4.74 Å². The predicted molar refractivity (Wildman–Crippen MR) is 126 cm³/mol. The first-order chi connectivity index (χ1) is 13.3. The molecule has 3 rings (SSSR count). The molecule has 0 aliphatic carbocycles. The number of hydrogen-bond acceptors (Lipinski definition) is 4. The third kappa shape index (κ3) is 5.42. The van der Waals surface area contributed by atoms with E-state index in [9.17, 15) is 8.42 Å². The van der Waals surface area contributed by atoms with Gasteiger partial charge < -0.3 is 15.0 Å². The Bertz CT molecular complexity index is 806. The van der Waals surface area contributed by atoms with E-state index in [-0.39, 0.29) is 35.4 Å². The molecule has 29 heavy (non-hydrogen) atoms. The molecule has 2 heterocycles. The number of guanidine groups is 1. The first-order valence-electron chi connectivity index (χ1n) is 9.88. The van der Waals surface area contributed by atoms with E-state index < -0.39 is 10.0 Å². The fourth-order valence-electron chi connectivity index (χ4n) is 3.82. The fraction of sp³-hybridized carbons (Fsp3) is 0.650. The Labute approximate surface area is 192 Å². The van der Waals surface area contributed by atoms with Crippen molar-refractivity contribution < 1.29 is 13.2 Å². The van der Waals surface area contributed by atoms with Crippen LogP contribution in [0.5, 0.6) is 0 Å². The number of likely N-dealkylation sites (tertiary alicyclic amines) is 1. The van der Waals surface area contributed by atoms with E-state index >= 15 is 0 Å². The Morgan fingerprint density at radius 1 is 1.31 bits per heavy atom. The van der Waals surface area contributed by atoms with Crippen LogP contribution in [0.1, 0.15) is 32.3 Å². The molecule has 2 saturated heterocycles. The summed E-state index contributed by atoms with van der Waals surface area (Å²) in [5, 5.41) is 3.41. The van der Waals surface area contributed by atoms with E-state index in [1.807, 2.05) is 26.0 Å². The van der Waals surface area contributed by atoms with Gasteiger partial charge in [0.1, 0.15) is 0 Å². The van der Waals surface area contributed by atoms with Gasteiger partial charge in [-0.2, -0.15) is 4.31 Å². The van der Waals surface area contributed by atoms with Gasteiger partial charge in [0.25, 0.3) is 0 Å². The second kappa shape index (κ2) is 9.93. The Balaban J connectivity index is 0.00000300. The summed E-state index contributed by atoms with van der Waals surface area (Å²) in [6, 6.07) is 6.99. The highest BCUT2D eigenvalue weighted by atomic mass is 127. The van der Waals surface area contributed by atoms with Crippen LogP contribution in [0.25, 0.3) is 0 Å². The molecule has 1 aromatic rings. The van der Waals surface area contributed by atoms with Crippen LogP contribution in [0.3, 0.4) is 0 Å². The van der Waals surface area contributed by atoms with E-state index in [1.54, 1.807) is 26.2 Å². The van der Waals surface area contributed by atoms with Crippen molar-refractivity contribution in [2.45, 2.75) is 44.2 Å². The molecule has 0 radical (unpaired) electrons. The number of aliphatic imine (C=N–C) groups is 1. The molecule has 1 atom stereocenters. The molecule has 0 saturated carbocycles. The molecule has 7 nitrogen and oxygen atoms in total. The fourth-order valence-corrected chi connectivity index (χ4v) is 5.19. The maximum atomic E-state index is 12.6. The number of ether oxygens (including phenoxy) is 1. The summed E-state index contributed by atoms with van der Waals surface area (Å²) in [5.74, 6) is 0.889. The van der Waals surface area contributed by atoms with Crippen LogP contribution in [0.15, 0.2) is 34.2 Å². The minimum Gasteiger partial charge on any atom is -0.381 e. The summed E-state index contributed by atoms with van der Waals surface area (Å²) in [7, 11) is -0.0375. The summed E-state index contributed by atoms with van der Waals surface area (Å²) in [5.41, 5.74) is 1.31. The number of benzene rings is 1. The number of nitrogens with one attached hydrogen (secondary N) is 1. The molecule has 1 spiro atoms. The highest BCUT2D eigenvalue weighted by Crippen LogP contribution is 2.38. The smallest absolute Gasteiger partial charge is 0.243 e. The van der Waals surface area contributed by atoms with Crippen molar-refractivity contribution in [3.63, 3.8) is 0 Å². The van der Waals surface area contributed by atoms with Crippen molar-refractivity contribution in [1.29, 1.82) is 0 Å². The average molecular weight is 536 g/mol. The molecule has 2 fully saturated rings. The third-order valence-electron chi connectivity index (χ3n) is 5.91. The van der Waals surface area contributed by atoms with Gasteiger partial charge in [0.05, 0.1) is 11.5 Å². The molecule has 2 aliphatic rings. The van der Waals surface area contributed by atoms with Crippen molar-refractivity contribution in [3.05, 3.63) is 29.8 Å². The van der Waals surface area contributed by atoms with Crippen LogP contribution in [0.2, 0.25) is 0 Å². The molecule has 9 heteroatoms. The number of nitrogens with zero attached hydrogens (tertiary/aromatic N) is 3. The van der Waals surface area contributed by atoms with Crippen molar-refractivity contribution in [2.24, 2.45) is 10.4 Å². The first-order valence-corrected chi connectivity index (χ1v) is 11.3. The van der Waals surface area contributed by atoms with Crippen LogP contribution < -0.4 is 5.32 Å². The maximum Gasteiger partial charge on any atom is 0.243 e. The van der Waals surface area contributed by atoms with Crippen molar-refractivity contribution in [2.75, 3.05) is 40.4 Å². The van der Waals surface area contributed by atoms with E-state index in [0.29, 0.717) is 11.4 Å². The average Bonchev–Trinajstić information content (AvgIpc) is 3.32.